The topological polar surface area (TPSA) is 50.8 Å². The number of nitriles is 1. The minimum atomic E-state index is -4.15. The molecule has 1 aromatic carbocycles. The smallest absolute Gasteiger partial charge is 0.440 e. The number of aryl methyl sites for hydroxylation is 1. The quantitative estimate of drug-likeness (QED) is 0.726. The molecular formula is C12H9F3LiN3. The maximum Gasteiger partial charge on any atom is 1.00 e. The molecule has 0 aliphatic heterocycles. The molecule has 0 spiro atoms. The summed E-state index contributed by atoms with van der Waals surface area (Å²) in [5.74, 6) is 0.358. The molecule has 0 saturated carbocycles. The second-order valence-electron chi connectivity index (χ2n) is 3.89. The van der Waals surface area contributed by atoms with Gasteiger partial charge in [-0.3, -0.25) is 0 Å². The number of aromatic nitrogens is 2. The molecule has 19 heavy (non-hydrogen) atoms. The number of nitrogens with zero attached hydrogens (tertiary/aromatic N) is 3. The van der Waals surface area contributed by atoms with Gasteiger partial charge in [0, 0.05) is 6.42 Å². The number of hydrogen-bond donors (Lipinski definition) is 0. The molecule has 2 aromatic rings. The minimum Gasteiger partial charge on any atom is -0.440 e. The molecule has 94 valence electrons. The third kappa shape index (κ3) is 4.02. The molecule has 0 radical (unpaired) electrons. The van der Waals surface area contributed by atoms with Crippen molar-refractivity contribution in [2.45, 2.75) is 25.4 Å². The van der Waals surface area contributed by atoms with E-state index in [-0.39, 0.29) is 31.7 Å². The van der Waals surface area contributed by atoms with E-state index in [2.05, 4.69) is 9.97 Å². The summed E-state index contributed by atoms with van der Waals surface area (Å²) in [7, 11) is 0. The molecule has 0 fully saturated rings. The van der Waals surface area contributed by atoms with E-state index in [1.54, 1.807) is 18.2 Å². The van der Waals surface area contributed by atoms with Crippen LogP contribution in [0.3, 0.4) is 0 Å². The van der Waals surface area contributed by atoms with E-state index in [4.69, 9.17) is 5.26 Å². The van der Waals surface area contributed by atoms with Crippen LogP contribution in [0.2, 0.25) is 0 Å². The van der Waals surface area contributed by atoms with Crippen LogP contribution in [0.5, 0.6) is 0 Å². The van der Waals surface area contributed by atoms with Crippen LogP contribution in [0.4, 0.5) is 13.2 Å². The van der Waals surface area contributed by atoms with E-state index >= 15 is 0 Å². The fraction of sp³-hybridized carbons (Fsp3) is 0.333. The standard InChI is InChI=1S/C12H9F3N3.Li/c13-12(14,15)6-2-5-10-17-9-4-1-3-8(7-16)11(9)18-10;/h1,3-4H,2,5-6H2;/q-1;+1. The monoisotopic (exact) mass is 259 g/mol. The van der Waals surface area contributed by atoms with Crippen molar-refractivity contribution in [2.75, 3.05) is 0 Å². The Labute approximate surface area is 120 Å². The molecule has 0 saturated heterocycles. The molecule has 0 atom stereocenters. The molecule has 0 bridgehead atoms. The van der Waals surface area contributed by atoms with Gasteiger partial charge in [0.1, 0.15) is 0 Å². The molecule has 1 heterocycles. The van der Waals surface area contributed by atoms with E-state index < -0.39 is 12.6 Å². The number of rotatable bonds is 3. The van der Waals surface area contributed by atoms with Crippen LogP contribution in [0.1, 0.15) is 24.2 Å². The molecule has 0 aliphatic carbocycles. The van der Waals surface area contributed by atoms with E-state index in [0.29, 0.717) is 22.4 Å². The average molecular weight is 259 g/mol. The molecule has 0 amide bonds. The van der Waals surface area contributed by atoms with Crippen LogP contribution < -0.4 is 23.8 Å². The first-order valence-corrected chi connectivity index (χ1v) is 5.39. The van der Waals surface area contributed by atoms with Crippen molar-refractivity contribution in [1.82, 2.24) is 9.97 Å². The third-order valence-corrected chi connectivity index (χ3v) is 2.49. The van der Waals surface area contributed by atoms with Crippen molar-refractivity contribution in [3.05, 3.63) is 29.6 Å². The molecule has 0 aliphatic rings. The van der Waals surface area contributed by atoms with Gasteiger partial charge in [-0.2, -0.15) is 18.4 Å². The third-order valence-electron chi connectivity index (χ3n) is 2.49. The first-order chi connectivity index (χ1) is 8.49. The SMILES string of the molecule is N#Cc1cccc2[n-]c(CCCC(F)(F)F)nc12.[Li+]. The molecule has 7 heteroatoms. The van der Waals surface area contributed by atoms with Crippen molar-refractivity contribution < 1.29 is 32.0 Å². The molecule has 3 nitrogen and oxygen atoms in total. The van der Waals surface area contributed by atoms with Gasteiger partial charge in [0.15, 0.2) is 0 Å². The van der Waals surface area contributed by atoms with Gasteiger partial charge in [0.2, 0.25) is 0 Å². The summed E-state index contributed by atoms with van der Waals surface area (Å²) >= 11 is 0. The van der Waals surface area contributed by atoms with E-state index in [1.165, 1.54) is 0 Å². The number of halogens is 3. The predicted octanol–water partition coefficient (Wildman–Crippen LogP) is -0.0473. The molecule has 0 unspecified atom stereocenters. The largest absolute Gasteiger partial charge is 1.00 e. The van der Waals surface area contributed by atoms with Gasteiger partial charge in [0.25, 0.3) is 0 Å². The first-order valence-electron chi connectivity index (χ1n) is 5.39. The summed E-state index contributed by atoms with van der Waals surface area (Å²) in [6.45, 7) is 0. The maximum absolute atomic E-state index is 12.0. The van der Waals surface area contributed by atoms with Gasteiger partial charge in [0.05, 0.1) is 11.6 Å². The second-order valence-corrected chi connectivity index (χ2v) is 3.89. The van der Waals surface area contributed by atoms with Crippen LogP contribution >= 0.6 is 0 Å². The summed E-state index contributed by atoms with van der Waals surface area (Å²) < 4.78 is 36.0. The Morgan fingerprint density at radius 2 is 2.05 bits per heavy atom. The zero-order valence-corrected chi connectivity index (χ0v) is 10.3. The number of para-hydroxylation sites is 1. The van der Waals surface area contributed by atoms with Crippen LogP contribution in [0.25, 0.3) is 11.0 Å². The normalized spacial score (nSPS) is 11.1. The van der Waals surface area contributed by atoms with E-state index in [0.717, 1.165) is 0 Å². The van der Waals surface area contributed by atoms with Gasteiger partial charge in [-0.15, -0.1) is 0 Å². The number of benzene rings is 1. The fourth-order valence-corrected chi connectivity index (χ4v) is 1.68. The van der Waals surface area contributed by atoms with Gasteiger partial charge < -0.3 is 9.97 Å². The number of imidazole rings is 1. The van der Waals surface area contributed by atoms with Crippen molar-refractivity contribution in [2.24, 2.45) is 0 Å². The van der Waals surface area contributed by atoms with Crippen LogP contribution in [-0.4, -0.2) is 11.2 Å². The Morgan fingerprint density at radius 3 is 2.68 bits per heavy atom. The van der Waals surface area contributed by atoms with Crippen molar-refractivity contribution in [3.8, 4) is 6.07 Å². The Kier molecular flexibility index (Phi) is 5.05. The second kappa shape index (κ2) is 6.14. The summed E-state index contributed by atoms with van der Waals surface area (Å²) in [6, 6.07) is 6.96. The average Bonchev–Trinajstić information content (AvgIpc) is 2.69. The van der Waals surface area contributed by atoms with E-state index in [9.17, 15) is 13.2 Å². The maximum atomic E-state index is 12.0. The Morgan fingerprint density at radius 1 is 1.32 bits per heavy atom. The van der Waals surface area contributed by atoms with Crippen molar-refractivity contribution >= 4 is 11.0 Å². The summed E-state index contributed by atoms with van der Waals surface area (Å²) in [5, 5.41) is 8.86. The number of fused-ring (bicyclic) bond motifs is 1. The molecular weight excluding hydrogens is 250 g/mol. The Hall–Kier alpha value is -1.43. The fourth-order valence-electron chi connectivity index (χ4n) is 1.68. The van der Waals surface area contributed by atoms with Crippen LogP contribution in [-0.2, 0) is 6.42 Å². The first kappa shape index (κ1) is 15.6. The van der Waals surface area contributed by atoms with Crippen LogP contribution in [0.15, 0.2) is 18.2 Å². The number of hydrogen-bond acceptors (Lipinski definition) is 2. The van der Waals surface area contributed by atoms with Crippen molar-refractivity contribution in [1.29, 1.82) is 5.26 Å². The minimum absolute atomic E-state index is 0. The van der Waals surface area contributed by atoms with Crippen LogP contribution in [0, 0.1) is 11.3 Å². The van der Waals surface area contributed by atoms with Gasteiger partial charge >= 0.3 is 25.0 Å². The number of alkyl halides is 3. The molecule has 1 aromatic heterocycles. The van der Waals surface area contributed by atoms with Gasteiger partial charge in [-0.05, 0) is 29.9 Å². The zero-order valence-electron chi connectivity index (χ0n) is 10.3. The molecule has 0 N–H and O–H groups in total. The molecule has 2 rings (SSSR count). The Bertz CT molecular complexity index is 598. The van der Waals surface area contributed by atoms with Gasteiger partial charge in [-0.25, -0.2) is 0 Å². The van der Waals surface area contributed by atoms with E-state index in [1.807, 2.05) is 6.07 Å². The van der Waals surface area contributed by atoms with Gasteiger partial charge in [-0.1, -0.05) is 18.0 Å². The predicted molar refractivity (Wildman–Crippen MR) is 58.8 cm³/mol. The zero-order chi connectivity index (χ0) is 13.2. The Balaban J connectivity index is 0.00000180. The van der Waals surface area contributed by atoms with Crippen molar-refractivity contribution in [3.63, 3.8) is 0 Å². The summed E-state index contributed by atoms with van der Waals surface area (Å²) in [5.41, 5.74) is 1.40. The summed E-state index contributed by atoms with van der Waals surface area (Å²) in [4.78, 5) is 8.21. The summed E-state index contributed by atoms with van der Waals surface area (Å²) in [6.07, 6.45) is -4.87.